The van der Waals surface area contributed by atoms with Gasteiger partial charge in [0.05, 0.1) is 13.2 Å². The molecule has 1 aliphatic carbocycles. The first-order chi connectivity index (χ1) is 9.20. The third-order valence-electron chi connectivity index (χ3n) is 3.87. The zero-order valence-corrected chi connectivity index (χ0v) is 11.4. The minimum absolute atomic E-state index is 0.0984. The number of aromatic hydroxyl groups is 1. The Balaban J connectivity index is 1.79. The Morgan fingerprint density at radius 3 is 2.68 bits per heavy atom. The van der Waals surface area contributed by atoms with E-state index in [1.807, 2.05) is 12.1 Å². The van der Waals surface area contributed by atoms with Crippen LogP contribution in [0.15, 0.2) is 18.2 Å². The molecule has 1 aliphatic rings. The maximum Gasteiger partial charge on any atom is 0.162 e. The predicted octanol–water partition coefficient (Wildman–Crippen LogP) is 2.04. The normalized spacial score (nSPS) is 23.3. The minimum atomic E-state index is -0.0984. The summed E-state index contributed by atoms with van der Waals surface area (Å²) in [4.78, 5) is 0. The van der Waals surface area contributed by atoms with Crippen LogP contribution in [-0.2, 0) is 6.54 Å². The zero-order valence-electron chi connectivity index (χ0n) is 11.4. The lowest BCUT2D eigenvalue weighted by molar-refractivity contribution is 0.108. The summed E-state index contributed by atoms with van der Waals surface area (Å²) < 4.78 is 5.09. The van der Waals surface area contributed by atoms with Gasteiger partial charge in [-0.3, -0.25) is 0 Å². The lowest BCUT2D eigenvalue weighted by Gasteiger charge is -2.25. The number of nitrogens with one attached hydrogen (secondary N) is 1. The van der Waals surface area contributed by atoms with Crippen LogP contribution < -0.4 is 10.1 Å². The second-order valence-corrected chi connectivity index (χ2v) is 5.27. The van der Waals surface area contributed by atoms with Gasteiger partial charge in [-0.15, -0.1) is 0 Å². The van der Waals surface area contributed by atoms with Crippen LogP contribution in [0.2, 0.25) is 0 Å². The van der Waals surface area contributed by atoms with Gasteiger partial charge in [-0.25, -0.2) is 0 Å². The molecule has 0 unspecified atom stereocenters. The number of benzene rings is 1. The third kappa shape index (κ3) is 3.85. The van der Waals surface area contributed by atoms with Crippen molar-refractivity contribution in [3.05, 3.63) is 23.8 Å². The van der Waals surface area contributed by atoms with E-state index < -0.39 is 0 Å². The van der Waals surface area contributed by atoms with Crippen molar-refractivity contribution in [1.29, 1.82) is 0 Å². The second kappa shape index (κ2) is 6.78. The van der Waals surface area contributed by atoms with Gasteiger partial charge < -0.3 is 20.3 Å². The molecular formula is C15H23NO3. The van der Waals surface area contributed by atoms with Gasteiger partial charge in [-0.1, -0.05) is 12.1 Å². The average Bonchev–Trinajstić information content (AvgIpc) is 2.43. The van der Waals surface area contributed by atoms with Crippen molar-refractivity contribution < 1.29 is 14.9 Å². The molecule has 2 rings (SSSR count). The molecule has 0 radical (unpaired) electrons. The number of para-hydroxylation sites is 1. The summed E-state index contributed by atoms with van der Waals surface area (Å²) in [5, 5.41) is 22.8. The third-order valence-corrected chi connectivity index (χ3v) is 3.87. The summed E-state index contributed by atoms with van der Waals surface area (Å²) in [6.45, 7) is 1.57. The van der Waals surface area contributed by atoms with E-state index in [1.54, 1.807) is 13.2 Å². The number of aliphatic hydroxyl groups excluding tert-OH is 1. The number of rotatable bonds is 5. The zero-order chi connectivity index (χ0) is 13.7. The Kier molecular flexibility index (Phi) is 5.05. The molecule has 1 saturated carbocycles. The number of phenolic OH excluding ortho intramolecular Hbond substituents is 1. The largest absolute Gasteiger partial charge is 0.504 e. The first-order valence-electron chi connectivity index (χ1n) is 6.94. The lowest BCUT2D eigenvalue weighted by atomic mass is 9.87. The number of aliphatic hydroxyl groups is 1. The molecule has 0 spiro atoms. The standard InChI is InChI=1S/C15H23NO3/c1-19-14-4-2-3-12(15(14)18)10-16-9-11-5-7-13(17)8-6-11/h2-4,11,13,16-18H,5-10H2,1H3. The number of ether oxygens (including phenoxy) is 1. The lowest BCUT2D eigenvalue weighted by Crippen LogP contribution is -2.27. The van der Waals surface area contributed by atoms with Gasteiger partial charge in [0.15, 0.2) is 11.5 Å². The maximum absolute atomic E-state index is 9.96. The molecule has 0 aromatic heterocycles. The van der Waals surface area contributed by atoms with Crippen LogP contribution >= 0.6 is 0 Å². The SMILES string of the molecule is COc1cccc(CNCC2CCC(O)CC2)c1O. The molecule has 0 heterocycles. The molecule has 0 aliphatic heterocycles. The van der Waals surface area contributed by atoms with Crippen LogP contribution in [0.25, 0.3) is 0 Å². The smallest absolute Gasteiger partial charge is 0.162 e. The molecular weight excluding hydrogens is 242 g/mol. The summed E-state index contributed by atoms with van der Waals surface area (Å²) in [6.07, 6.45) is 3.89. The van der Waals surface area contributed by atoms with E-state index >= 15 is 0 Å². The molecule has 106 valence electrons. The molecule has 0 saturated heterocycles. The highest BCUT2D eigenvalue weighted by Gasteiger charge is 2.18. The Morgan fingerprint density at radius 1 is 1.26 bits per heavy atom. The molecule has 3 N–H and O–H groups in total. The highest BCUT2D eigenvalue weighted by molar-refractivity contribution is 5.45. The van der Waals surface area contributed by atoms with Crippen molar-refractivity contribution in [3.63, 3.8) is 0 Å². The highest BCUT2D eigenvalue weighted by atomic mass is 16.5. The van der Waals surface area contributed by atoms with Crippen LogP contribution in [-0.4, -0.2) is 30.0 Å². The fraction of sp³-hybridized carbons (Fsp3) is 0.600. The topological polar surface area (TPSA) is 61.7 Å². The van der Waals surface area contributed by atoms with Crippen LogP contribution in [0, 0.1) is 5.92 Å². The first kappa shape index (κ1) is 14.2. The van der Waals surface area contributed by atoms with Gasteiger partial charge in [0, 0.05) is 12.1 Å². The molecule has 1 aromatic carbocycles. The van der Waals surface area contributed by atoms with E-state index in [0.29, 0.717) is 18.2 Å². The van der Waals surface area contributed by atoms with E-state index in [-0.39, 0.29) is 11.9 Å². The minimum Gasteiger partial charge on any atom is -0.504 e. The van der Waals surface area contributed by atoms with Crippen LogP contribution in [0.5, 0.6) is 11.5 Å². The van der Waals surface area contributed by atoms with Gasteiger partial charge in [-0.2, -0.15) is 0 Å². The molecule has 4 heteroatoms. The van der Waals surface area contributed by atoms with Gasteiger partial charge >= 0.3 is 0 Å². The number of hydrogen-bond donors (Lipinski definition) is 3. The Labute approximate surface area is 114 Å². The average molecular weight is 265 g/mol. The van der Waals surface area contributed by atoms with Crippen LogP contribution in [0.4, 0.5) is 0 Å². The summed E-state index contributed by atoms with van der Waals surface area (Å²) >= 11 is 0. The Hall–Kier alpha value is -1.26. The Morgan fingerprint density at radius 2 is 2.00 bits per heavy atom. The molecule has 0 atom stereocenters. The van der Waals surface area contributed by atoms with Gasteiger partial charge in [-0.05, 0) is 44.2 Å². The monoisotopic (exact) mass is 265 g/mol. The van der Waals surface area contributed by atoms with E-state index in [1.165, 1.54) is 0 Å². The Bertz CT molecular complexity index is 400. The van der Waals surface area contributed by atoms with Crippen molar-refractivity contribution in [3.8, 4) is 11.5 Å². The van der Waals surface area contributed by atoms with Crippen molar-refractivity contribution in [2.24, 2.45) is 5.92 Å². The van der Waals surface area contributed by atoms with Crippen LogP contribution in [0.3, 0.4) is 0 Å². The summed E-state index contributed by atoms with van der Waals surface area (Å²) in [7, 11) is 1.56. The molecule has 4 nitrogen and oxygen atoms in total. The van der Waals surface area contributed by atoms with E-state index in [4.69, 9.17) is 4.74 Å². The molecule has 0 amide bonds. The molecule has 19 heavy (non-hydrogen) atoms. The van der Waals surface area contributed by atoms with E-state index in [0.717, 1.165) is 37.8 Å². The molecule has 1 aromatic rings. The van der Waals surface area contributed by atoms with Crippen molar-refractivity contribution in [2.75, 3.05) is 13.7 Å². The van der Waals surface area contributed by atoms with Crippen molar-refractivity contribution >= 4 is 0 Å². The van der Waals surface area contributed by atoms with Crippen LogP contribution in [0.1, 0.15) is 31.2 Å². The first-order valence-corrected chi connectivity index (χ1v) is 6.94. The van der Waals surface area contributed by atoms with Gasteiger partial charge in [0.25, 0.3) is 0 Å². The van der Waals surface area contributed by atoms with Gasteiger partial charge in [0.2, 0.25) is 0 Å². The van der Waals surface area contributed by atoms with Crippen molar-refractivity contribution in [2.45, 2.75) is 38.3 Å². The fourth-order valence-electron chi connectivity index (χ4n) is 2.64. The van der Waals surface area contributed by atoms with E-state index in [2.05, 4.69) is 5.32 Å². The number of methoxy groups -OCH3 is 1. The summed E-state index contributed by atoms with van der Waals surface area (Å²) in [5.41, 5.74) is 0.857. The number of phenols is 1. The fourth-order valence-corrected chi connectivity index (χ4v) is 2.64. The highest BCUT2D eigenvalue weighted by Crippen LogP contribution is 2.29. The maximum atomic E-state index is 9.96. The molecule has 1 fully saturated rings. The molecule has 0 bridgehead atoms. The number of hydrogen-bond acceptors (Lipinski definition) is 4. The quantitative estimate of drug-likeness (QED) is 0.762. The van der Waals surface area contributed by atoms with Gasteiger partial charge in [0.1, 0.15) is 0 Å². The van der Waals surface area contributed by atoms with Crippen molar-refractivity contribution in [1.82, 2.24) is 5.32 Å². The second-order valence-electron chi connectivity index (χ2n) is 5.27. The summed E-state index contributed by atoms with van der Waals surface area (Å²) in [6, 6.07) is 5.53. The predicted molar refractivity (Wildman–Crippen MR) is 74.3 cm³/mol. The van der Waals surface area contributed by atoms with E-state index in [9.17, 15) is 10.2 Å². The summed E-state index contributed by atoms with van der Waals surface area (Å²) in [5.74, 6) is 1.37.